The zero-order chi connectivity index (χ0) is 14.2. The predicted octanol–water partition coefficient (Wildman–Crippen LogP) is 4.59. The average Bonchev–Trinajstić information content (AvgIpc) is 2.47. The number of rotatable bonds is 9. The van der Waals surface area contributed by atoms with Crippen molar-refractivity contribution >= 4 is 0 Å². The summed E-state index contributed by atoms with van der Waals surface area (Å²) in [7, 11) is 1.69. The van der Waals surface area contributed by atoms with Crippen LogP contribution in [0.2, 0.25) is 0 Å². The molecule has 0 heterocycles. The molecule has 0 amide bonds. The van der Waals surface area contributed by atoms with Crippen molar-refractivity contribution in [1.29, 1.82) is 0 Å². The number of hydrogen-bond donors (Lipinski definition) is 0. The van der Waals surface area contributed by atoms with Crippen molar-refractivity contribution in [3.63, 3.8) is 0 Å². The van der Waals surface area contributed by atoms with E-state index in [0.29, 0.717) is 12.5 Å². The first-order valence-corrected chi connectivity index (χ1v) is 7.72. The Balaban J connectivity index is 1.64. The first-order chi connectivity index (χ1) is 9.83. The molecule has 2 atom stereocenters. The molecule has 1 aliphatic rings. The van der Waals surface area contributed by atoms with Crippen LogP contribution in [0.15, 0.2) is 36.4 Å². The third kappa shape index (κ3) is 4.38. The summed E-state index contributed by atoms with van der Waals surface area (Å²) in [5.41, 5.74) is 1.21. The van der Waals surface area contributed by atoms with Gasteiger partial charge in [-0.1, -0.05) is 50.5 Å². The van der Waals surface area contributed by atoms with Gasteiger partial charge in [0.15, 0.2) is 0 Å². The Labute approximate surface area is 122 Å². The standard InChI is InChI=1S/C18H26O2/c1-3-4-5-6-16-9-10-17(16)14-20-13-15-7-11-18(19-2)12-8-15/h7-12,16-17H,3-6,13-14H2,1-2H3/t16-,17-/m1/s1. The minimum atomic E-state index is 0.630. The fourth-order valence-corrected chi connectivity index (χ4v) is 2.58. The highest BCUT2D eigenvalue weighted by molar-refractivity contribution is 5.26. The number of ether oxygens (including phenoxy) is 2. The Kier molecular flexibility index (Phi) is 6.13. The van der Waals surface area contributed by atoms with Crippen molar-refractivity contribution in [3.05, 3.63) is 42.0 Å². The second kappa shape index (κ2) is 8.11. The van der Waals surface area contributed by atoms with E-state index >= 15 is 0 Å². The SMILES string of the molecule is CCCCC[C@@H]1C=C[C@@H]1COCc1ccc(OC)cc1. The van der Waals surface area contributed by atoms with Crippen LogP contribution in [-0.4, -0.2) is 13.7 Å². The summed E-state index contributed by atoms with van der Waals surface area (Å²) in [5, 5.41) is 0. The van der Waals surface area contributed by atoms with E-state index < -0.39 is 0 Å². The Morgan fingerprint density at radius 1 is 1.00 bits per heavy atom. The molecule has 0 saturated heterocycles. The molecular formula is C18H26O2. The zero-order valence-corrected chi connectivity index (χ0v) is 12.7. The van der Waals surface area contributed by atoms with Gasteiger partial charge in [-0.25, -0.2) is 0 Å². The van der Waals surface area contributed by atoms with Crippen LogP contribution in [0.4, 0.5) is 0 Å². The number of benzene rings is 1. The number of hydrogen-bond acceptors (Lipinski definition) is 2. The molecule has 1 aromatic rings. The quantitative estimate of drug-likeness (QED) is 0.484. The lowest BCUT2D eigenvalue weighted by Crippen LogP contribution is -2.23. The van der Waals surface area contributed by atoms with E-state index in [1.807, 2.05) is 12.1 Å². The van der Waals surface area contributed by atoms with Gasteiger partial charge in [0.2, 0.25) is 0 Å². The van der Waals surface area contributed by atoms with Gasteiger partial charge in [-0.3, -0.25) is 0 Å². The van der Waals surface area contributed by atoms with Crippen LogP contribution in [0.1, 0.15) is 38.2 Å². The lowest BCUT2D eigenvalue weighted by Gasteiger charge is -2.29. The summed E-state index contributed by atoms with van der Waals surface area (Å²) >= 11 is 0. The maximum Gasteiger partial charge on any atom is 0.118 e. The molecule has 0 aliphatic heterocycles. The van der Waals surface area contributed by atoms with Crippen LogP contribution in [0.3, 0.4) is 0 Å². The van der Waals surface area contributed by atoms with E-state index in [-0.39, 0.29) is 0 Å². The molecule has 0 bridgehead atoms. The fourth-order valence-electron chi connectivity index (χ4n) is 2.58. The second-order valence-corrected chi connectivity index (χ2v) is 5.57. The molecule has 2 heteroatoms. The predicted molar refractivity (Wildman–Crippen MR) is 82.9 cm³/mol. The molecule has 20 heavy (non-hydrogen) atoms. The summed E-state index contributed by atoms with van der Waals surface area (Å²) < 4.78 is 11.0. The molecule has 0 spiro atoms. The highest BCUT2D eigenvalue weighted by Gasteiger charge is 2.23. The summed E-state index contributed by atoms with van der Waals surface area (Å²) in [6.45, 7) is 3.79. The maximum absolute atomic E-state index is 5.84. The van der Waals surface area contributed by atoms with E-state index in [0.717, 1.165) is 18.3 Å². The van der Waals surface area contributed by atoms with Gasteiger partial charge in [-0.15, -0.1) is 0 Å². The first-order valence-electron chi connectivity index (χ1n) is 7.72. The fraction of sp³-hybridized carbons (Fsp3) is 0.556. The lowest BCUT2D eigenvalue weighted by atomic mass is 9.79. The van der Waals surface area contributed by atoms with Crippen molar-refractivity contribution in [2.24, 2.45) is 11.8 Å². The second-order valence-electron chi connectivity index (χ2n) is 5.57. The monoisotopic (exact) mass is 274 g/mol. The first kappa shape index (κ1) is 15.1. The van der Waals surface area contributed by atoms with Crippen LogP contribution < -0.4 is 4.74 Å². The van der Waals surface area contributed by atoms with E-state index in [1.54, 1.807) is 7.11 Å². The van der Waals surface area contributed by atoms with Crippen molar-refractivity contribution in [2.75, 3.05) is 13.7 Å². The highest BCUT2D eigenvalue weighted by Crippen LogP contribution is 2.30. The average molecular weight is 274 g/mol. The number of allylic oxidation sites excluding steroid dienone is 1. The van der Waals surface area contributed by atoms with Gasteiger partial charge in [0.05, 0.1) is 20.3 Å². The lowest BCUT2D eigenvalue weighted by molar-refractivity contribution is 0.0800. The molecule has 0 saturated carbocycles. The van der Waals surface area contributed by atoms with Gasteiger partial charge in [0.25, 0.3) is 0 Å². The molecule has 0 radical (unpaired) electrons. The molecular weight excluding hydrogens is 248 g/mol. The minimum absolute atomic E-state index is 0.630. The van der Waals surface area contributed by atoms with Crippen LogP contribution >= 0.6 is 0 Å². The molecule has 0 N–H and O–H groups in total. The Bertz CT molecular complexity index is 408. The highest BCUT2D eigenvalue weighted by atomic mass is 16.5. The van der Waals surface area contributed by atoms with Crippen LogP contribution in [0, 0.1) is 11.8 Å². The van der Waals surface area contributed by atoms with E-state index in [2.05, 4.69) is 31.2 Å². The molecule has 0 aromatic heterocycles. The number of unbranched alkanes of at least 4 members (excludes halogenated alkanes) is 2. The third-order valence-electron chi connectivity index (χ3n) is 4.03. The molecule has 2 nitrogen and oxygen atoms in total. The van der Waals surface area contributed by atoms with Crippen LogP contribution in [0.5, 0.6) is 5.75 Å². The molecule has 1 aromatic carbocycles. The van der Waals surface area contributed by atoms with Gasteiger partial charge >= 0.3 is 0 Å². The molecule has 2 rings (SSSR count). The maximum atomic E-state index is 5.84. The zero-order valence-electron chi connectivity index (χ0n) is 12.7. The van der Waals surface area contributed by atoms with Crippen molar-refractivity contribution in [2.45, 2.75) is 39.2 Å². The summed E-state index contributed by atoms with van der Waals surface area (Å²) in [6, 6.07) is 8.09. The molecule has 110 valence electrons. The van der Waals surface area contributed by atoms with Crippen molar-refractivity contribution in [1.82, 2.24) is 0 Å². The van der Waals surface area contributed by atoms with Gasteiger partial charge in [0.1, 0.15) is 5.75 Å². The van der Waals surface area contributed by atoms with E-state index in [9.17, 15) is 0 Å². The molecule has 1 aliphatic carbocycles. The number of methoxy groups -OCH3 is 1. The Morgan fingerprint density at radius 2 is 1.75 bits per heavy atom. The summed E-state index contributed by atoms with van der Waals surface area (Å²) in [5.74, 6) is 2.27. The Hall–Kier alpha value is -1.28. The summed E-state index contributed by atoms with van der Waals surface area (Å²) in [6.07, 6.45) is 9.96. The van der Waals surface area contributed by atoms with Crippen LogP contribution in [-0.2, 0) is 11.3 Å². The van der Waals surface area contributed by atoms with E-state index in [4.69, 9.17) is 9.47 Å². The van der Waals surface area contributed by atoms with Gasteiger partial charge in [-0.05, 0) is 30.0 Å². The van der Waals surface area contributed by atoms with E-state index in [1.165, 1.54) is 31.2 Å². The third-order valence-corrected chi connectivity index (χ3v) is 4.03. The molecule has 0 fully saturated rings. The van der Waals surface area contributed by atoms with Crippen LogP contribution in [0.25, 0.3) is 0 Å². The topological polar surface area (TPSA) is 18.5 Å². The smallest absolute Gasteiger partial charge is 0.118 e. The van der Waals surface area contributed by atoms with Crippen molar-refractivity contribution < 1.29 is 9.47 Å². The normalized spacial score (nSPS) is 20.7. The van der Waals surface area contributed by atoms with Gasteiger partial charge < -0.3 is 9.47 Å². The molecule has 0 unspecified atom stereocenters. The Morgan fingerprint density at radius 3 is 2.35 bits per heavy atom. The van der Waals surface area contributed by atoms with Gasteiger partial charge in [-0.2, -0.15) is 0 Å². The minimum Gasteiger partial charge on any atom is -0.497 e. The largest absolute Gasteiger partial charge is 0.497 e. The summed E-state index contributed by atoms with van der Waals surface area (Å²) in [4.78, 5) is 0. The van der Waals surface area contributed by atoms with Gasteiger partial charge in [0, 0.05) is 5.92 Å². The van der Waals surface area contributed by atoms with Crippen molar-refractivity contribution in [3.8, 4) is 5.75 Å².